The molecule has 94 valence electrons. The molecule has 0 amide bonds. The maximum Gasteiger partial charge on any atom is 0.311 e. The van der Waals surface area contributed by atoms with Gasteiger partial charge in [0, 0.05) is 5.56 Å². The molecule has 0 radical (unpaired) electrons. The van der Waals surface area contributed by atoms with E-state index in [1.807, 2.05) is 0 Å². The first-order valence-corrected chi connectivity index (χ1v) is 5.22. The van der Waals surface area contributed by atoms with Crippen molar-refractivity contribution in [2.24, 2.45) is 5.92 Å². The van der Waals surface area contributed by atoms with Crippen LogP contribution < -0.4 is 0 Å². The van der Waals surface area contributed by atoms with Gasteiger partial charge in [0.05, 0.1) is 19.1 Å². The molecule has 0 saturated heterocycles. The van der Waals surface area contributed by atoms with Gasteiger partial charge in [0.1, 0.15) is 11.6 Å². The molecule has 2 unspecified atom stereocenters. The molecule has 0 saturated carbocycles. The van der Waals surface area contributed by atoms with Crippen molar-refractivity contribution < 1.29 is 23.4 Å². The predicted octanol–water partition coefficient (Wildman–Crippen LogP) is 2.20. The number of carbonyl (C=O) groups excluding carboxylic acids is 1. The van der Waals surface area contributed by atoms with E-state index in [0.29, 0.717) is 0 Å². The van der Waals surface area contributed by atoms with Gasteiger partial charge in [-0.25, -0.2) is 8.78 Å². The van der Waals surface area contributed by atoms with Crippen LogP contribution in [0.15, 0.2) is 18.2 Å². The molecule has 5 heteroatoms. The Morgan fingerprint density at radius 3 is 2.65 bits per heavy atom. The predicted molar refractivity (Wildman–Crippen MR) is 57.1 cm³/mol. The summed E-state index contributed by atoms with van der Waals surface area (Å²) in [6.45, 7) is 1.65. The lowest BCUT2D eigenvalue weighted by Gasteiger charge is -2.20. The minimum Gasteiger partial charge on any atom is -0.469 e. The highest BCUT2D eigenvalue weighted by Gasteiger charge is 2.29. The summed E-state index contributed by atoms with van der Waals surface area (Å²) < 4.78 is 30.9. The molecule has 0 aliphatic rings. The van der Waals surface area contributed by atoms with Gasteiger partial charge in [-0.1, -0.05) is 6.92 Å². The second kappa shape index (κ2) is 5.72. The van der Waals surface area contributed by atoms with Crippen molar-refractivity contribution in [2.75, 3.05) is 7.11 Å². The highest BCUT2D eigenvalue weighted by atomic mass is 19.1. The first-order valence-electron chi connectivity index (χ1n) is 5.22. The summed E-state index contributed by atoms with van der Waals surface area (Å²) in [5, 5.41) is 9.88. The number of methoxy groups -OCH3 is 1. The van der Waals surface area contributed by atoms with Crippen LogP contribution in [0.25, 0.3) is 0 Å². The molecule has 0 bridgehead atoms. The Kier molecular flexibility index (Phi) is 4.57. The van der Waals surface area contributed by atoms with E-state index in [4.69, 9.17) is 0 Å². The van der Waals surface area contributed by atoms with E-state index < -0.39 is 29.6 Å². The standard InChI is InChI=1S/C12H14F2O3/c1-3-8(12(16)17-2)11(15)9-6-7(13)4-5-10(9)14/h4-6,8,11,15H,3H2,1-2H3. The van der Waals surface area contributed by atoms with Crippen molar-refractivity contribution in [1.29, 1.82) is 0 Å². The smallest absolute Gasteiger partial charge is 0.311 e. The van der Waals surface area contributed by atoms with Gasteiger partial charge in [0.2, 0.25) is 0 Å². The fourth-order valence-electron chi connectivity index (χ4n) is 1.63. The van der Waals surface area contributed by atoms with Crippen LogP contribution in [0, 0.1) is 17.6 Å². The summed E-state index contributed by atoms with van der Waals surface area (Å²) in [5.41, 5.74) is -0.234. The highest BCUT2D eigenvalue weighted by Crippen LogP contribution is 2.28. The van der Waals surface area contributed by atoms with E-state index in [1.165, 1.54) is 7.11 Å². The summed E-state index contributed by atoms with van der Waals surface area (Å²) in [6, 6.07) is 2.74. The van der Waals surface area contributed by atoms with Crippen molar-refractivity contribution >= 4 is 5.97 Å². The zero-order chi connectivity index (χ0) is 13.0. The Morgan fingerprint density at radius 1 is 1.47 bits per heavy atom. The molecule has 1 N–H and O–H groups in total. The summed E-state index contributed by atoms with van der Waals surface area (Å²) in [5.74, 6) is -2.97. The molecule has 0 spiro atoms. The van der Waals surface area contributed by atoms with Crippen LogP contribution in [-0.2, 0) is 9.53 Å². The molecule has 3 nitrogen and oxygen atoms in total. The largest absolute Gasteiger partial charge is 0.469 e. The number of rotatable bonds is 4. The fourth-order valence-corrected chi connectivity index (χ4v) is 1.63. The molecule has 17 heavy (non-hydrogen) atoms. The molecule has 2 atom stereocenters. The summed E-state index contributed by atoms with van der Waals surface area (Å²) in [6.07, 6.45) is -1.15. The monoisotopic (exact) mass is 244 g/mol. The molecule has 0 heterocycles. The van der Waals surface area contributed by atoms with Crippen molar-refractivity contribution in [2.45, 2.75) is 19.4 Å². The first-order chi connectivity index (χ1) is 8.01. The van der Waals surface area contributed by atoms with Crippen LogP contribution >= 0.6 is 0 Å². The lowest BCUT2D eigenvalue weighted by molar-refractivity contribution is -0.149. The maximum atomic E-state index is 13.4. The van der Waals surface area contributed by atoms with Gasteiger partial charge in [0.25, 0.3) is 0 Å². The SMILES string of the molecule is CCC(C(=O)OC)C(O)c1cc(F)ccc1F. The third kappa shape index (κ3) is 3.00. The number of hydrogen-bond donors (Lipinski definition) is 1. The number of ether oxygens (including phenoxy) is 1. The second-order valence-corrected chi connectivity index (χ2v) is 3.65. The Balaban J connectivity index is 3.05. The molecule has 0 aliphatic carbocycles. The number of carbonyl (C=O) groups is 1. The third-order valence-electron chi connectivity index (χ3n) is 2.60. The number of aliphatic hydroxyl groups excluding tert-OH is 1. The Bertz CT molecular complexity index is 407. The zero-order valence-corrected chi connectivity index (χ0v) is 9.61. The number of halogens is 2. The fraction of sp³-hybridized carbons (Fsp3) is 0.417. The van der Waals surface area contributed by atoms with Crippen molar-refractivity contribution in [1.82, 2.24) is 0 Å². The number of aliphatic hydroxyl groups is 1. The van der Waals surface area contributed by atoms with Crippen molar-refractivity contribution in [3.8, 4) is 0 Å². The van der Waals surface area contributed by atoms with E-state index in [2.05, 4.69) is 4.74 Å². The first kappa shape index (κ1) is 13.6. The number of benzene rings is 1. The van der Waals surface area contributed by atoms with Gasteiger partial charge >= 0.3 is 5.97 Å². The minimum absolute atomic E-state index is 0.234. The van der Waals surface area contributed by atoms with Gasteiger partial charge in [-0.3, -0.25) is 4.79 Å². The van der Waals surface area contributed by atoms with Crippen LogP contribution in [0.5, 0.6) is 0 Å². The minimum atomic E-state index is -1.41. The van der Waals surface area contributed by atoms with Gasteiger partial charge in [-0.15, -0.1) is 0 Å². The quantitative estimate of drug-likeness (QED) is 0.826. The third-order valence-corrected chi connectivity index (χ3v) is 2.60. The molecule has 0 fully saturated rings. The lowest BCUT2D eigenvalue weighted by atomic mass is 9.93. The van der Waals surface area contributed by atoms with Crippen molar-refractivity contribution in [3.05, 3.63) is 35.4 Å². The lowest BCUT2D eigenvalue weighted by Crippen LogP contribution is -2.23. The van der Waals surface area contributed by atoms with E-state index >= 15 is 0 Å². The molecule has 1 rings (SSSR count). The van der Waals surface area contributed by atoms with Crippen LogP contribution in [0.3, 0.4) is 0 Å². The Hall–Kier alpha value is -1.49. The highest BCUT2D eigenvalue weighted by molar-refractivity contribution is 5.73. The van der Waals surface area contributed by atoms with E-state index in [0.717, 1.165) is 18.2 Å². The maximum absolute atomic E-state index is 13.4. The van der Waals surface area contributed by atoms with Gasteiger partial charge < -0.3 is 9.84 Å². The Morgan fingerprint density at radius 2 is 2.12 bits per heavy atom. The molecular formula is C12H14F2O3. The second-order valence-electron chi connectivity index (χ2n) is 3.65. The topological polar surface area (TPSA) is 46.5 Å². The summed E-state index contributed by atoms with van der Waals surface area (Å²) >= 11 is 0. The summed E-state index contributed by atoms with van der Waals surface area (Å²) in [7, 11) is 1.18. The molecular weight excluding hydrogens is 230 g/mol. The Labute approximate surface area is 98.0 Å². The zero-order valence-electron chi connectivity index (χ0n) is 9.61. The molecule has 0 aromatic heterocycles. The van der Waals surface area contributed by atoms with Gasteiger partial charge in [-0.05, 0) is 24.6 Å². The van der Waals surface area contributed by atoms with Crippen LogP contribution in [0.1, 0.15) is 25.0 Å². The van der Waals surface area contributed by atoms with Crippen LogP contribution in [0.4, 0.5) is 8.78 Å². The average molecular weight is 244 g/mol. The molecule has 1 aromatic carbocycles. The van der Waals surface area contributed by atoms with Crippen molar-refractivity contribution in [3.63, 3.8) is 0 Å². The summed E-state index contributed by atoms with van der Waals surface area (Å²) in [4.78, 5) is 11.4. The van der Waals surface area contributed by atoms with Crippen LogP contribution in [0.2, 0.25) is 0 Å². The molecule has 0 aliphatic heterocycles. The van der Waals surface area contributed by atoms with E-state index in [1.54, 1.807) is 6.92 Å². The number of hydrogen-bond acceptors (Lipinski definition) is 3. The van der Waals surface area contributed by atoms with E-state index in [9.17, 15) is 18.7 Å². The average Bonchev–Trinajstić information content (AvgIpc) is 2.32. The van der Waals surface area contributed by atoms with Gasteiger partial charge in [-0.2, -0.15) is 0 Å². The van der Waals surface area contributed by atoms with E-state index in [-0.39, 0.29) is 12.0 Å². The van der Waals surface area contributed by atoms with Crippen LogP contribution in [-0.4, -0.2) is 18.2 Å². The number of esters is 1. The van der Waals surface area contributed by atoms with Gasteiger partial charge in [0.15, 0.2) is 0 Å². The normalized spacial score (nSPS) is 14.2. The molecule has 1 aromatic rings.